The third-order valence-electron chi connectivity index (χ3n) is 4.31. The molecule has 0 radical (unpaired) electrons. The Labute approximate surface area is 168 Å². The number of nitrogens with zero attached hydrogens (tertiary/aromatic N) is 2. The second kappa shape index (κ2) is 9.12. The summed E-state index contributed by atoms with van der Waals surface area (Å²) in [5, 5.41) is 0.559. The molecule has 2 aromatic carbocycles. The smallest absolute Gasteiger partial charge is 0.263 e. The molecule has 0 atom stereocenters. The lowest BCUT2D eigenvalue weighted by atomic mass is 10.2. The van der Waals surface area contributed by atoms with Gasteiger partial charge in [-0.25, -0.2) is 9.37 Å². The standard InChI is InChI=1S/C21H24FN3O2S/c1-4-27-17-11-7-12-18-19(17)23-21(28-18)25(14-8-13-24(2)3)20(26)15-9-5-6-10-16(15)22/h5-7,9-12H,4,8,13-14H2,1-3H3/p+1. The number of carbonyl (C=O) groups is 1. The number of benzene rings is 2. The van der Waals surface area contributed by atoms with Crippen LogP contribution in [0.5, 0.6) is 5.75 Å². The number of fused-ring (bicyclic) bond motifs is 1. The summed E-state index contributed by atoms with van der Waals surface area (Å²) in [6, 6.07) is 11.8. The van der Waals surface area contributed by atoms with Gasteiger partial charge in [-0.15, -0.1) is 0 Å². The SMILES string of the molecule is CCOc1cccc2sc(N(CCC[NH+](C)C)C(=O)c3ccccc3F)nc12. The van der Waals surface area contributed by atoms with Gasteiger partial charge in [0.2, 0.25) is 0 Å². The average Bonchev–Trinajstić information content (AvgIpc) is 3.10. The van der Waals surface area contributed by atoms with Gasteiger partial charge in [0.15, 0.2) is 5.13 Å². The molecule has 1 aromatic heterocycles. The normalized spacial score (nSPS) is 11.2. The lowest BCUT2D eigenvalue weighted by Crippen LogP contribution is -3.05. The highest BCUT2D eigenvalue weighted by Gasteiger charge is 2.24. The lowest BCUT2D eigenvalue weighted by molar-refractivity contribution is -0.858. The van der Waals surface area contributed by atoms with Crippen molar-refractivity contribution >= 4 is 32.6 Å². The Hall–Kier alpha value is -2.51. The molecule has 28 heavy (non-hydrogen) atoms. The third kappa shape index (κ3) is 4.48. The van der Waals surface area contributed by atoms with Gasteiger partial charge in [-0.2, -0.15) is 0 Å². The molecule has 148 valence electrons. The fourth-order valence-corrected chi connectivity index (χ4v) is 3.96. The summed E-state index contributed by atoms with van der Waals surface area (Å²) in [5.41, 5.74) is 0.790. The lowest BCUT2D eigenvalue weighted by Gasteiger charge is -2.20. The van der Waals surface area contributed by atoms with Crippen LogP contribution in [0, 0.1) is 5.82 Å². The van der Waals surface area contributed by atoms with Crippen molar-refractivity contribution in [3.8, 4) is 5.75 Å². The first kappa shape index (κ1) is 20.2. The summed E-state index contributed by atoms with van der Waals surface area (Å²) >= 11 is 1.42. The molecule has 0 aliphatic heterocycles. The number of hydrogen-bond acceptors (Lipinski definition) is 4. The molecule has 0 fully saturated rings. The van der Waals surface area contributed by atoms with Crippen molar-refractivity contribution < 1.29 is 18.8 Å². The molecule has 0 saturated carbocycles. The number of ether oxygens (including phenoxy) is 1. The van der Waals surface area contributed by atoms with E-state index in [2.05, 4.69) is 19.1 Å². The molecule has 1 N–H and O–H groups in total. The molecule has 3 rings (SSSR count). The van der Waals surface area contributed by atoms with E-state index in [1.807, 2.05) is 25.1 Å². The predicted molar refractivity (Wildman–Crippen MR) is 111 cm³/mol. The summed E-state index contributed by atoms with van der Waals surface area (Å²) in [5.74, 6) is -0.200. The average molecular weight is 403 g/mol. The number of para-hydroxylation sites is 1. The number of quaternary nitrogens is 1. The summed E-state index contributed by atoms with van der Waals surface area (Å²) in [4.78, 5) is 20.7. The van der Waals surface area contributed by atoms with E-state index in [1.54, 1.807) is 17.0 Å². The van der Waals surface area contributed by atoms with Crippen LogP contribution >= 0.6 is 11.3 Å². The van der Waals surface area contributed by atoms with Crippen molar-refractivity contribution in [2.24, 2.45) is 0 Å². The Bertz CT molecular complexity index is 958. The first-order valence-corrected chi connectivity index (χ1v) is 10.2. The number of aromatic nitrogens is 1. The van der Waals surface area contributed by atoms with E-state index in [0.29, 0.717) is 24.0 Å². The minimum absolute atomic E-state index is 0.0592. The molecule has 1 heterocycles. The number of thiazole rings is 1. The summed E-state index contributed by atoms with van der Waals surface area (Å²) < 4.78 is 20.8. The highest BCUT2D eigenvalue weighted by atomic mass is 32.1. The van der Waals surface area contributed by atoms with Crippen molar-refractivity contribution in [1.82, 2.24) is 4.98 Å². The number of carbonyl (C=O) groups excluding carboxylic acids is 1. The van der Waals surface area contributed by atoms with Crippen LogP contribution in [0.25, 0.3) is 10.2 Å². The molecule has 3 aromatic rings. The largest absolute Gasteiger partial charge is 0.492 e. The number of anilines is 1. The predicted octanol–water partition coefficient (Wildman–Crippen LogP) is 3.02. The van der Waals surface area contributed by atoms with Gasteiger partial charge in [-0.05, 0) is 31.2 Å². The number of nitrogens with one attached hydrogen (secondary N) is 1. The van der Waals surface area contributed by atoms with Crippen molar-refractivity contribution in [3.05, 3.63) is 53.8 Å². The number of hydrogen-bond donors (Lipinski definition) is 1. The number of halogens is 1. The van der Waals surface area contributed by atoms with Gasteiger partial charge in [-0.1, -0.05) is 29.5 Å². The maximum absolute atomic E-state index is 14.2. The van der Waals surface area contributed by atoms with E-state index in [9.17, 15) is 9.18 Å². The summed E-state index contributed by atoms with van der Waals surface area (Å²) in [7, 11) is 4.13. The van der Waals surface area contributed by atoms with E-state index < -0.39 is 5.82 Å². The molecule has 0 bridgehead atoms. The van der Waals surface area contributed by atoms with Gasteiger partial charge in [-0.3, -0.25) is 9.69 Å². The second-order valence-electron chi connectivity index (χ2n) is 6.78. The summed E-state index contributed by atoms with van der Waals surface area (Å²) in [6.45, 7) is 3.83. The van der Waals surface area contributed by atoms with Crippen LogP contribution < -0.4 is 14.5 Å². The van der Waals surface area contributed by atoms with Crippen LogP contribution in [0.3, 0.4) is 0 Å². The van der Waals surface area contributed by atoms with Crippen LogP contribution in [-0.2, 0) is 0 Å². The summed E-state index contributed by atoms with van der Waals surface area (Å²) in [6.07, 6.45) is 0.788. The van der Waals surface area contributed by atoms with Gasteiger partial charge in [0.1, 0.15) is 17.1 Å². The molecule has 0 saturated heterocycles. The fraction of sp³-hybridized carbons (Fsp3) is 0.333. The van der Waals surface area contributed by atoms with Crippen molar-refractivity contribution in [1.29, 1.82) is 0 Å². The molecule has 0 spiro atoms. The molecule has 0 aliphatic carbocycles. The Morgan fingerprint density at radius 1 is 1.21 bits per heavy atom. The Balaban J connectivity index is 1.98. The molecular formula is C21H25FN3O2S+. The Kier molecular flexibility index (Phi) is 6.59. The monoisotopic (exact) mass is 402 g/mol. The third-order valence-corrected chi connectivity index (χ3v) is 5.35. The van der Waals surface area contributed by atoms with Gasteiger partial charge >= 0.3 is 0 Å². The molecule has 0 aliphatic rings. The molecular weight excluding hydrogens is 377 g/mol. The highest BCUT2D eigenvalue weighted by molar-refractivity contribution is 7.22. The zero-order valence-electron chi connectivity index (χ0n) is 16.4. The van der Waals surface area contributed by atoms with Crippen molar-refractivity contribution in [2.75, 3.05) is 38.7 Å². The van der Waals surface area contributed by atoms with Gasteiger partial charge < -0.3 is 9.64 Å². The van der Waals surface area contributed by atoms with Crippen LogP contribution in [-0.4, -0.2) is 44.7 Å². The van der Waals surface area contributed by atoms with Gasteiger partial charge in [0.25, 0.3) is 5.91 Å². The zero-order chi connectivity index (χ0) is 20.1. The Morgan fingerprint density at radius 2 is 2.00 bits per heavy atom. The molecule has 7 heteroatoms. The van der Waals surface area contributed by atoms with E-state index in [-0.39, 0.29) is 11.5 Å². The van der Waals surface area contributed by atoms with E-state index in [0.717, 1.165) is 23.2 Å². The van der Waals surface area contributed by atoms with E-state index >= 15 is 0 Å². The topological polar surface area (TPSA) is 46.9 Å². The Morgan fingerprint density at radius 3 is 2.71 bits per heavy atom. The second-order valence-corrected chi connectivity index (χ2v) is 7.79. The molecule has 1 amide bonds. The van der Waals surface area contributed by atoms with Crippen molar-refractivity contribution in [2.45, 2.75) is 13.3 Å². The van der Waals surface area contributed by atoms with Crippen LogP contribution in [0.2, 0.25) is 0 Å². The first-order chi connectivity index (χ1) is 13.5. The highest BCUT2D eigenvalue weighted by Crippen LogP contribution is 2.35. The number of rotatable bonds is 8. The van der Waals surface area contributed by atoms with E-state index in [1.165, 1.54) is 28.4 Å². The minimum atomic E-state index is -0.521. The quantitative estimate of drug-likeness (QED) is 0.630. The molecule has 0 unspecified atom stereocenters. The molecule has 5 nitrogen and oxygen atoms in total. The maximum atomic E-state index is 14.2. The van der Waals surface area contributed by atoms with Crippen LogP contribution in [0.15, 0.2) is 42.5 Å². The zero-order valence-corrected chi connectivity index (χ0v) is 17.2. The van der Waals surface area contributed by atoms with E-state index in [4.69, 9.17) is 4.74 Å². The van der Waals surface area contributed by atoms with Gasteiger partial charge in [0.05, 0.1) is 37.5 Å². The minimum Gasteiger partial charge on any atom is -0.492 e. The number of amides is 1. The fourth-order valence-electron chi connectivity index (χ4n) is 2.95. The first-order valence-electron chi connectivity index (χ1n) is 9.39. The van der Waals surface area contributed by atoms with Gasteiger partial charge in [0, 0.05) is 13.0 Å². The van der Waals surface area contributed by atoms with Crippen LogP contribution in [0.4, 0.5) is 9.52 Å². The maximum Gasteiger partial charge on any atom is 0.263 e. The van der Waals surface area contributed by atoms with Crippen LogP contribution in [0.1, 0.15) is 23.7 Å². The van der Waals surface area contributed by atoms with Crippen molar-refractivity contribution in [3.63, 3.8) is 0 Å².